The number of furan rings is 1. The number of rotatable bonds is 6. The Balaban J connectivity index is 1.48. The SMILES string of the molecule is O=C(OCC(=O)c1cc2ccccc2o1)c1ccc(Cl)c(S(=O)(=O)N2CCCCC2)c1. The minimum Gasteiger partial charge on any atom is -0.454 e. The van der Waals surface area contributed by atoms with Crippen LogP contribution in [0.1, 0.15) is 40.2 Å². The van der Waals surface area contributed by atoms with Gasteiger partial charge in [0, 0.05) is 18.5 Å². The lowest BCUT2D eigenvalue weighted by molar-refractivity contribution is 0.0468. The molecular weight excluding hydrogens is 442 g/mol. The Bertz CT molecular complexity index is 1210. The lowest BCUT2D eigenvalue weighted by Crippen LogP contribution is -2.35. The molecule has 0 bridgehead atoms. The molecule has 0 saturated carbocycles. The zero-order chi connectivity index (χ0) is 22.0. The number of piperidine rings is 1. The van der Waals surface area contributed by atoms with E-state index in [1.165, 1.54) is 22.5 Å². The van der Waals surface area contributed by atoms with E-state index in [0.29, 0.717) is 18.7 Å². The minimum absolute atomic E-state index is 0.00242. The number of benzene rings is 2. The zero-order valence-corrected chi connectivity index (χ0v) is 18.1. The first-order valence-electron chi connectivity index (χ1n) is 9.85. The fourth-order valence-electron chi connectivity index (χ4n) is 3.48. The highest BCUT2D eigenvalue weighted by Gasteiger charge is 2.29. The summed E-state index contributed by atoms with van der Waals surface area (Å²) in [6, 6.07) is 12.6. The fraction of sp³-hybridized carbons (Fsp3) is 0.273. The fourth-order valence-corrected chi connectivity index (χ4v) is 5.49. The van der Waals surface area contributed by atoms with Gasteiger partial charge < -0.3 is 9.15 Å². The lowest BCUT2D eigenvalue weighted by atomic mass is 10.2. The van der Waals surface area contributed by atoms with Crippen molar-refractivity contribution < 1.29 is 27.2 Å². The quantitative estimate of drug-likeness (QED) is 0.401. The molecule has 1 aliphatic heterocycles. The molecule has 0 amide bonds. The van der Waals surface area contributed by atoms with Crippen LogP contribution in [0.5, 0.6) is 0 Å². The molecule has 31 heavy (non-hydrogen) atoms. The van der Waals surface area contributed by atoms with E-state index in [9.17, 15) is 18.0 Å². The molecule has 1 aliphatic rings. The van der Waals surface area contributed by atoms with Gasteiger partial charge in [-0.3, -0.25) is 4.79 Å². The Hall–Kier alpha value is -2.68. The van der Waals surface area contributed by atoms with Crippen LogP contribution in [0.15, 0.2) is 57.8 Å². The van der Waals surface area contributed by atoms with Gasteiger partial charge in [-0.15, -0.1) is 0 Å². The van der Waals surface area contributed by atoms with Gasteiger partial charge >= 0.3 is 5.97 Å². The Labute approximate surface area is 184 Å². The first-order valence-corrected chi connectivity index (χ1v) is 11.7. The standard InChI is InChI=1S/C22H20ClNO6S/c23-17-9-8-16(13-21(17)31(27,28)24-10-4-1-5-11-24)22(26)29-14-18(25)20-12-15-6-2-3-7-19(15)30-20/h2-3,6-9,12-13H,1,4-5,10-11,14H2. The molecular formula is C22H20ClNO6S. The largest absolute Gasteiger partial charge is 0.454 e. The molecule has 0 radical (unpaired) electrons. The summed E-state index contributed by atoms with van der Waals surface area (Å²) < 4.78 is 37.8. The summed E-state index contributed by atoms with van der Waals surface area (Å²) in [4.78, 5) is 24.7. The average molecular weight is 462 g/mol. The molecule has 0 N–H and O–H groups in total. The van der Waals surface area contributed by atoms with Gasteiger partial charge in [0.2, 0.25) is 15.8 Å². The van der Waals surface area contributed by atoms with Crippen LogP contribution in [0.2, 0.25) is 5.02 Å². The van der Waals surface area contributed by atoms with E-state index in [1.807, 2.05) is 6.07 Å². The second-order valence-corrected chi connectivity index (χ2v) is 9.57. The molecule has 1 saturated heterocycles. The van der Waals surface area contributed by atoms with Crippen molar-refractivity contribution in [2.24, 2.45) is 0 Å². The van der Waals surface area contributed by atoms with Gasteiger partial charge in [0.1, 0.15) is 10.5 Å². The van der Waals surface area contributed by atoms with E-state index < -0.39 is 28.4 Å². The number of ketones is 1. The topological polar surface area (TPSA) is 93.9 Å². The molecule has 7 nitrogen and oxygen atoms in total. The van der Waals surface area contributed by atoms with Crippen LogP contribution >= 0.6 is 11.6 Å². The minimum atomic E-state index is -3.83. The van der Waals surface area contributed by atoms with Crippen molar-refractivity contribution in [1.29, 1.82) is 0 Å². The Morgan fingerprint density at radius 1 is 1.03 bits per heavy atom. The first-order chi connectivity index (χ1) is 14.9. The van der Waals surface area contributed by atoms with Crippen molar-refractivity contribution >= 4 is 44.3 Å². The molecule has 4 rings (SSSR count). The first kappa shape index (κ1) is 21.5. The smallest absolute Gasteiger partial charge is 0.338 e. The third-order valence-corrected chi connectivity index (χ3v) is 7.51. The van der Waals surface area contributed by atoms with Crippen LogP contribution in [0.4, 0.5) is 0 Å². The van der Waals surface area contributed by atoms with Crippen LogP contribution in [0, 0.1) is 0 Å². The lowest BCUT2D eigenvalue weighted by Gasteiger charge is -2.26. The second-order valence-electron chi connectivity index (χ2n) is 7.26. The van der Waals surface area contributed by atoms with Gasteiger partial charge in [-0.2, -0.15) is 4.31 Å². The summed E-state index contributed by atoms with van der Waals surface area (Å²) in [5, 5.41) is 0.794. The molecule has 0 spiro atoms. The van der Waals surface area contributed by atoms with E-state index in [2.05, 4.69) is 0 Å². The van der Waals surface area contributed by atoms with Crippen LogP contribution in [0.3, 0.4) is 0 Å². The van der Waals surface area contributed by atoms with E-state index >= 15 is 0 Å². The number of carbonyl (C=O) groups is 2. The molecule has 1 aromatic heterocycles. The summed E-state index contributed by atoms with van der Waals surface area (Å²) in [6.45, 7) is 0.300. The number of halogens is 1. The molecule has 9 heteroatoms. The highest BCUT2D eigenvalue weighted by atomic mass is 35.5. The highest BCUT2D eigenvalue weighted by Crippen LogP contribution is 2.28. The molecule has 1 fully saturated rings. The van der Waals surface area contributed by atoms with Gasteiger partial charge in [-0.05, 0) is 43.2 Å². The number of nitrogens with zero attached hydrogens (tertiary/aromatic N) is 1. The maximum absolute atomic E-state index is 12.9. The molecule has 2 heterocycles. The summed E-state index contributed by atoms with van der Waals surface area (Å²) in [6.07, 6.45) is 2.54. The zero-order valence-electron chi connectivity index (χ0n) is 16.5. The number of hydrogen-bond acceptors (Lipinski definition) is 6. The van der Waals surface area contributed by atoms with Crippen molar-refractivity contribution in [2.75, 3.05) is 19.7 Å². The van der Waals surface area contributed by atoms with Gasteiger partial charge in [0.05, 0.1) is 10.6 Å². The molecule has 0 atom stereocenters. The van der Waals surface area contributed by atoms with E-state index in [-0.39, 0.29) is 21.2 Å². The van der Waals surface area contributed by atoms with Crippen LogP contribution < -0.4 is 0 Å². The van der Waals surface area contributed by atoms with Crippen LogP contribution in [-0.4, -0.2) is 44.2 Å². The van der Waals surface area contributed by atoms with Crippen molar-refractivity contribution in [1.82, 2.24) is 4.31 Å². The van der Waals surface area contributed by atoms with E-state index in [0.717, 1.165) is 24.6 Å². The summed E-state index contributed by atoms with van der Waals surface area (Å²) in [5.41, 5.74) is 0.555. The third kappa shape index (κ3) is 4.51. The molecule has 0 aliphatic carbocycles. The van der Waals surface area contributed by atoms with Gasteiger partial charge in [-0.25, -0.2) is 13.2 Å². The van der Waals surface area contributed by atoms with Crippen molar-refractivity contribution in [3.63, 3.8) is 0 Å². The second kappa shape index (κ2) is 8.82. The number of ether oxygens (including phenoxy) is 1. The molecule has 162 valence electrons. The van der Waals surface area contributed by atoms with Crippen molar-refractivity contribution in [3.05, 3.63) is 64.9 Å². The third-order valence-electron chi connectivity index (χ3n) is 5.13. The molecule has 2 aromatic carbocycles. The predicted molar refractivity (Wildman–Crippen MR) is 115 cm³/mol. The Morgan fingerprint density at radius 3 is 2.52 bits per heavy atom. The van der Waals surface area contributed by atoms with Crippen molar-refractivity contribution in [3.8, 4) is 0 Å². The van der Waals surface area contributed by atoms with E-state index in [4.69, 9.17) is 20.8 Å². The Kier molecular flexibility index (Phi) is 6.13. The molecule has 3 aromatic rings. The maximum Gasteiger partial charge on any atom is 0.338 e. The van der Waals surface area contributed by atoms with Gasteiger partial charge in [0.25, 0.3) is 0 Å². The summed E-state index contributed by atoms with van der Waals surface area (Å²) in [5.74, 6) is -1.24. The van der Waals surface area contributed by atoms with Crippen molar-refractivity contribution in [2.45, 2.75) is 24.2 Å². The highest BCUT2D eigenvalue weighted by molar-refractivity contribution is 7.89. The number of esters is 1. The number of hydrogen-bond donors (Lipinski definition) is 0. The summed E-state index contributed by atoms with van der Waals surface area (Å²) >= 11 is 6.13. The monoisotopic (exact) mass is 461 g/mol. The van der Waals surface area contributed by atoms with E-state index in [1.54, 1.807) is 24.3 Å². The number of para-hydroxylation sites is 1. The Morgan fingerprint density at radius 2 is 1.77 bits per heavy atom. The summed E-state index contributed by atoms with van der Waals surface area (Å²) in [7, 11) is -3.83. The number of carbonyl (C=O) groups excluding carboxylic acids is 2. The number of Topliss-reactive ketones (excluding diaryl/α,β-unsaturated/α-hetero) is 1. The maximum atomic E-state index is 12.9. The number of fused-ring (bicyclic) bond motifs is 1. The predicted octanol–water partition coefficient (Wildman–Crippen LogP) is 4.30. The normalized spacial score (nSPS) is 15.1. The van der Waals surface area contributed by atoms with Crippen LogP contribution in [0.25, 0.3) is 11.0 Å². The number of sulfonamides is 1. The van der Waals surface area contributed by atoms with Gasteiger partial charge in [-0.1, -0.05) is 36.2 Å². The average Bonchev–Trinajstić information content (AvgIpc) is 3.22. The van der Waals surface area contributed by atoms with Crippen LogP contribution in [-0.2, 0) is 14.8 Å². The molecule has 0 unspecified atom stereocenters. The van der Waals surface area contributed by atoms with Gasteiger partial charge in [0.15, 0.2) is 12.4 Å².